The van der Waals surface area contributed by atoms with Gasteiger partial charge in [0.25, 0.3) is 12.3 Å². The second-order valence-electron chi connectivity index (χ2n) is 7.74. The van der Waals surface area contributed by atoms with Crippen molar-refractivity contribution in [3.63, 3.8) is 0 Å². The van der Waals surface area contributed by atoms with Crippen LogP contribution in [0, 0.1) is 0 Å². The average Bonchev–Trinajstić information content (AvgIpc) is 3.36. The normalized spacial score (nSPS) is 19.4. The van der Waals surface area contributed by atoms with Crippen molar-refractivity contribution in [3.05, 3.63) is 48.0 Å². The number of anilines is 1. The van der Waals surface area contributed by atoms with E-state index in [9.17, 15) is 26.7 Å². The van der Waals surface area contributed by atoms with E-state index in [1.165, 1.54) is 22.7 Å². The van der Waals surface area contributed by atoms with Gasteiger partial charge in [0.2, 0.25) is 0 Å². The number of carbonyl (C=O) groups excluding carboxylic acids is 1. The number of fused-ring (bicyclic) bond motifs is 1. The smallest absolute Gasteiger partial charge is 0.368 e. The van der Waals surface area contributed by atoms with Crippen molar-refractivity contribution in [3.8, 4) is 0 Å². The highest BCUT2D eigenvalue weighted by atomic mass is 19.4. The summed E-state index contributed by atoms with van der Waals surface area (Å²) in [4.78, 5) is 16.0. The number of imidazole rings is 1. The molecule has 1 amide bonds. The van der Waals surface area contributed by atoms with Gasteiger partial charge in [0.1, 0.15) is 23.7 Å². The lowest BCUT2D eigenvalue weighted by Crippen LogP contribution is -2.40. The van der Waals surface area contributed by atoms with E-state index in [0.29, 0.717) is 31.5 Å². The molecular weight excluding hydrogens is 435 g/mol. The third kappa shape index (κ3) is 5.00. The molecule has 172 valence electrons. The Morgan fingerprint density at radius 1 is 1.12 bits per heavy atom. The molecular formula is C20H21F5N6O. The first kappa shape index (κ1) is 22.0. The second kappa shape index (κ2) is 8.75. The van der Waals surface area contributed by atoms with Crippen LogP contribution in [-0.2, 0) is 12.7 Å². The molecule has 7 nitrogen and oxygen atoms in total. The quantitative estimate of drug-likeness (QED) is 0.551. The van der Waals surface area contributed by atoms with E-state index in [2.05, 4.69) is 20.7 Å². The number of amides is 1. The highest BCUT2D eigenvalue weighted by molar-refractivity contribution is 5.92. The lowest BCUT2D eigenvalue weighted by atomic mass is 9.91. The van der Waals surface area contributed by atoms with Crippen LogP contribution in [0.5, 0.6) is 0 Å². The van der Waals surface area contributed by atoms with Gasteiger partial charge in [0.15, 0.2) is 5.69 Å². The van der Waals surface area contributed by atoms with Crippen LogP contribution in [0.3, 0.4) is 0 Å². The lowest BCUT2D eigenvalue weighted by Gasteiger charge is -2.30. The molecule has 1 aliphatic carbocycles. The third-order valence-electron chi connectivity index (χ3n) is 5.40. The predicted octanol–water partition coefficient (Wildman–Crippen LogP) is 3.97. The molecule has 3 aromatic rings. The fraction of sp³-hybridized carbons (Fsp3) is 0.450. The van der Waals surface area contributed by atoms with Crippen LogP contribution in [-0.4, -0.2) is 43.6 Å². The van der Waals surface area contributed by atoms with Gasteiger partial charge < -0.3 is 10.6 Å². The van der Waals surface area contributed by atoms with E-state index >= 15 is 0 Å². The van der Waals surface area contributed by atoms with Crippen molar-refractivity contribution in [2.45, 2.75) is 56.9 Å². The summed E-state index contributed by atoms with van der Waals surface area (Å²) in [5, 5.41) is 10.00. The van der Waals surface area contributed by atoms with Crippen LogP contribution >= 0.6 is 0 Å². The fourth-order valence-electron chi connectivity index (χ4n) is 3.84. The van der Waals surface area contributed by atoms with Gasteiger partial charge in [-0.2, -0.15) is 18.3 Å². The summed E-state index contributed by atoms with van der Waals surface area (Å²) in [7, 11) is 0. The molecule has 1 saturated carbocycles. The summed E-state index contributed by atoms with van der Waals surface area (Å²) in [5.41, 5.74) is -0.665. The van der Waals surface area contributed by atoms with Gasteiger partial charge in [-0.05, 0) is 43.9 Å². The molecule has 0 aliphatic heterocycles. The van der Waals surface area contributed by atoms with Gasteiger partial charge in [0.05, 0.1) is 0 Å². The first-order valence-electron chi connectivity index (χ1n) is 10.1. The van der Waals surface area contributed by atoms with Crippen LogP contribution in [0.1, 0.15) is 41.9 Å². The molecule has 0 spiro atoms. The largest absolute Gasteiger partial charge is 0.434 e. The van der Waals surface area contributed by atoms with Crippen molar-refractivity contribution in [1.82, 2.24) is 24.5 Å². The highest BCUT2D eigenvalue weighted by Gasteiger charge is 2.34. The molecule has 3 heterocycles. The maximum absolute atomic E-state index is 13.0. The number of rotatable bonds is 6. The summed E-state index contributed by atoms with van der Waals surface area (Å²) in [5.74, 6) is 0.0971. The Morgan fingerprint density at radius 3 is 2.53 bits per heavy atom. The van der Waals surface area contributed by atoms with Gasteiger partial charge in [-0.3, -0.25) is 13.9 Å². The number of nitrogens with zero attached hydrogens (tertiary/aromatic N) is 4. The van der Waals surface area contributed by atoms with Gasteiger partial charge in [-0.1, -0.05) is 6.07 Å². The fourth-order valence-corrected chi connectivity index (χ4v) is 3.84. The van der Waals surface area contributed by atoms with Gasteiger partial charge in [-0.25, -0.2) is 13.8 Å². The van der Waals surface area contributed by atoms with E-state index in [1.54, 1.807) is 12.1 Å². The van der Waals surface area contributed by atoms with E-state index in [4.69, 9.17) is 0 Å². The van der Waals surface area contributed by atoms with Crippen LogP contribution in [0.2, 0.25) is 0 Å². The molecule has 0 saturated heterocycles. The SMILES string of the molecule is O=C(N[C@H]1CC[C@@H](Nc2cccc3nc(C(F)(F)F)cn23)CC1)c1ccn(CC(F)F)n1. The average molecular weight is 456 g/mol. The Hall–Kier alpha value is -3.18. The van der Waals surface area contributed by atoms with Crippen LogP contribution < -0.4 is 10.6 Å². The molecule has 1 aliphatic rings. The standard InChI is InChI=1S/C20H21F5N6O/c21-16(22)11-30-9-8-14(29-30)19(32)27-13-6-4-12(5-7-13)26-17-2-1-3-18-28-15(10-31(17)18)20(23,24)25/h1-3,8-10,12-13,16,26H,4-7,11H2,(H,27,32)/t12-,13+. The zero-order chi connectivity index (χ0) is 22.9. The number of nitrogens with one attached hydrogen (secondary N) is 2. The molecule has 0 aromatic carbocycles. The number of aromatic nitrogens is 4. The molecule has 2 N–H and O–H groups in total. The molecule has 12 heteroatoms. The van der Waals surface area contributed by atoms with Crippen molar-refractivity contribution in [2.24, 2.45) is 0 Å². The van der Waals surface area contributed by atoms with Crippen molar-refractivity contribution < 1.29 is 26.7 Å². The minimum atomic E-state index is -4.52. The van der Waals surface area contributed by atoms with Crippen molar-refractivity contribution in [1.29, 1.82) is 0 Å². The molecule has 3 aromatic heterocycles. The highest BCUT2D eigenvalue weighted by Crippen LogP contribution is 2.30. The lowest BCUT2D eigenvalue weighted by molar-refractivity contribution is -0.140. The maximum Gasteiger partial charge on any atom is 0.434 e. The zero-order valence-corrected chi connectivity index (χ0v) is 16.8. The Bertz CT molecular complexity index is 1080. The first-order chi connectivity index (χ1) is 15.2. The molecule has 0 atom stereocenters. The van der Waals surface area contributed by atoms with Gasteiger partial charge >= 0.3 is 6.18 Å². The van der Waals surface area contributed by atoms with E-state index < -0.39 is 30.7 Å². The van der Waals surface area contributed by atoms with Gasteiger partial charge in [-0.15, -0.1) is 0 Å². The van der Waals surface area contributed by atoms with Crippen LogP contribution in [0.4, 0.5) is 27.8 Å². The summed E-state index contributed by atoms with van der Waals surface area (Å²) in [6.45, 7) is -0.571. The number of hydrogen-bond donors (Lipinski definition) is 2. The molecule has 4 rings (SSSR count). The maximum atomic E-state index is 13.0. The Balaban J connectivity index is 1.33. The topological polar surface area (TPSA) is 76.2 Å². The van der Waals surface area contributed by atoms with Gasteiger partial charge in [0, 0.05) is 24.5 Å². The number of alkyl halides is 5. The number of halogens is 5. The second-order valence-corrected chi connectivity index (χ2v) is 7.74. The van der Waals surface area contributed by atoms with E-state index in [1.807, 2.05) is 0 Å². The number of hydrogen-bond acceptors (Lipinski definition) is 4. The Labute approximate surface area is 179 Å². The Morgan fingerprint density at radius 2 is 1.84 bits per heavy atom. The zero-order valence-electron chi connectivity index (χ0n) is 16.8. The first-order valence-corrected chi connectivity index (χ1v) is 10.1. The van der Waals surface area contributed by atoms with Crippen LogP contribution in [0.15, 0.2) is 36.7 Å². The molecule has 1 fully saturated rings. The number of pyridine rings is 1. The minimum absolute atomic E-state index is 0.0238. The molecule has 32 heavy (non-hydrogen) atoms. The van der Waals surface area contributed by atoms with Crippen molar-refractivity contribution in [2.75, 3.05) is 5.32 Å². The monoisotopic (exact) mass is 456 g/mol. The van der Waals surface area contributed by atoms with E-state index in [0.717, 1.165) is 10.9 Å². The Kier molecular flexibility index (Phi) is 6.02. The summed E-state index contributed by atoms with van der Waals surface area (Å²) in [6, 6.07) is 6.17. The third-order valence-corrected chi connectivity index (χ3v) is 5.40. The molecule has 0 unspecified atom stereocenters. The van der Waals surface area contributed by atoms with E-state index in [-0.39, 0.29) is 23.4 Å². The molecule has 0 bridgehead atoms. The summed E-state index contributed by atoms with van der Waals surface area (Å²) < 4.78 is 66.2. The van der Waals surface area contributed by atoms with Crippen LogP contribution in [0.25, 0.3) is 5.65 Å². The summed E-state index contributed by atoms with van der Waals surface area (Å²) in [6.07, 6.45) is -2.05. The summed E-state index contributed by atoms with van der Waals surface area (Å²) >= 11 is 0. The minimum Gasteiger partial charge on any atom is -0.368 e. The van der Waals surface area contributed by atoms with Crippen molar-refractivity contribution >= 4 is 17.4 Å². The number of carbonyl (C=O) groups is 1. The predicted molar refractivity (Wildman–Crippen MR) is 106 cm³/mol. The molecule has 0 radical (unpaired) electrons.